The fourth-order valence-electron chi connectivity index (χ4n) is 4.77. The SMILES string of the molecule is C=Cc1c(CCN2CC=CC2(C=C)C(=O)OC)c2cc(OC)ccc2n1S(=O)(=O)c1ccc(C)cc1. The van der Waals surface area contributed by atoms with Crippen LogP contribution < -0.4 is 4.74 Å². The Morgan fingerprint density at radius 3 is 2.47 bits per heavy atom. The summed E-state index contributed by atoms with van der Waals surface area (Å²) in [5.41, 5.74) is 1.71. The molecule has 0 radical (unpaired) electrons. The lowest BCUT2D eigenvalue weighted by molar-refractivity contribution is -0.148. The molecule has 2 aromatic carbocycles. The Morgan fingerprint density at radius 1 is 1.14 bits per heavy atom. The Bertz CT molecular complexity index is 1470. The van der Waals surface area contributed by atoms with Crippen LogP contribution in [0.25, 0.3) is 17.0 Å². The number of hydrogen-bond acceptors (Lipinski definition) is 6. The zero-order chi connectivity index (χ0) is 26.1. The highest BCUT2D eigenvalue weighted by Gasteiger charge is 2.42. The normalized spacial score (nSPS) is 17.9. The number of ether oxygens (including phenoxy) is 2. The number of benzene rings is 2. The molecule has 0 amide bonds. The molecule has 0 saturated carbocycles. The van der Waals surface area contributed by atoms with Crippen molar-refractivity contribution in [3.63, 3.8) is 0 Å². The summed E-state index contributed by atoms with van der Waals surface area (Å²) in [7, 11) is -0.998. The Balaban J connectivity index is 1.85. The molecule has 0 fully saturated rings. The van der Waals surface area contributed by atoms with E-state index < -0.39 is 21.5 Å². The minimum absolute atomic E-state index is 0.190. The number of nitrogens with zero attached hydrogens (tertiary/aromatic N) is 2. The number of carbonyl (C=O) groups is 1. The molecule has 3 aromatic rings. The van der Waals surface area contributed by atoms with E-state index in [1.807, 2.05) is 24.0 Å². The first kappa shape index (κ1) is 25.5. The van der Waals surface area contributed by atoms with Gasteiger partial charge < -0.3 is 9.47 Å². The third kappa shape index (κ3) is 4.06. The quantitative estimate of drug-likeness (QED) is 0.317. The van der Waals surface area contributed by atoms with Gasteiger partial charge in [-0.05, 0) is 55.3 Å². The van der Waals surface area contributed by atoms with Crippen molar-refractivity contribution in [3.05, 3.63) is 90.7 Å². The van der Waals surface area contributed by atoms with Crippen LogP contribution in [-0.2, 0) is 26.0 Å². The van der Waals surface area contributed by atoms with Gasteiger partial charge in [-0.1, -0.05) is 42.5 Å². The lowest BCUT2D eigenvalue weighted by Crippen LogP contribution is -2.50. The maximum absolute atomic E-state index is 13.8. The van der Waals surface area contributed by atoms with Gasteiger partial charge in [0.15, 0.2) is 5.54 Å². The first-order chi connectivity index (χ1) is 17.2. The molecule has 0 aliphatic carbocycles. The van der Waals surface area contributed by atoms with Crippen molar-refractivity contribution < 1.29 is 22.7 Å². The molecule has 2 heterocycles. The average Bonchev–Trinajstić information content (AvgIpc) is 3.45. The van der Waals surface area contributed by atoms with E-state index >= 15 is 0 Å². The molecule has 0 spiro atoms. The zero-order valence-corrected chi connectivity index (χ0v) is 21.5. The Labute approximate surface area is 212 Å². The van der Waals surface area contributed by atoms with E-state index in [1.54, 1.807) is 61.7 Å². The van der Waals surface area contributed by atoms with Gasteiger partial charge in [0.1, 0.15) is 5.75 Å². The number of esters is 1. The van der Waals surface area contributed by atoms with Crippen molar-refractivity contribution in [2.45, 2.75) is 23.8 Å². The summed E-state index contributed by atoms with van der Waals surface area (Å²) >= 11 is 0. The van der Waals surface area contributed by atoms with Gasteiger partial charge in [-0.15, -0.1) is 6.58 Å². The summed E-state index contributed by atoms with van der Waals surface area (Å²) < 4.78 is 39.5. The smallest absolute Gasteiger partial charge is 0.334 e. The van der Waals surface area contributed by atoms with E-state index in [0.29, 0.717) is 36.5 Å². The molecule has 0 N–H and O–H groups in total. The van der Waals surface area contributed by atoms with Gasteiger partial charge in [-0.2, -0.15) is 0 Å². The molecule has 1 atom stereocenters. The lowest BCUT2D eigenvalue weighted by atomic mass is 9.98. The highest BCUT2D eigenvalue weighted by molar-refractivity contribution is 7.90. The van der Waals surface area contributed by atoms with Crippen molar-refractivity contribution in [3.8, 4) is 5.75 Å². The van der Waals surface area contributed by atoms with Gasteiger partial charge in [0.25, 0.3) is 10.0 Å². The number of fused-ring (bicyclic) bond motifs is 1. The predicted molar refractivity (Wildman–Crippen MR) is 142 cm³/mol. The average molecular weight is 507 g/mol. The third-order valence-electron chi connectivity index (χ3n) is 6.70. The molecular formula is C28H30N2O5S. The minimum Gasteiger partial charge on any atom is -0.497 e. The summed E-state index contributed by atoms with van der Waals surface area (Å²) in [6, 6.07) is 12.1. The molecule has 188 valence electrons. The fraction of sp³-hybridized carbons (Fsp3) is 0.250. The molecule has 0 saturated heterocycles. The van der Waals surface area contributed by atoms with Crippen LogP contribution >= 0.6 is 0 Å². The van der Waals surface area contributed by atoms with E-state index in [0.717, 1.165) is 16.5 Å². The van der Waals surface area contributed by atoms with Gasteiger partial charge in [-0.3, -0.25) is 4.90 Å². The number of aromatic nitrogens is 1. The predicted octanol–water partition coefficient (Wildman–Crippen LogP) is 4.35. The molecular weight excluding hydrogens is 476 g/mol. The van der Waals surface area contributed by atoms with Crippen molar-refractivity contribution in [1.29, 1.82) is 0 Å². The van der Waals surface area contributed by atoms with Crippen LogP contribution in [0, 0.1) is 6.92 Å². The Hall–Kier alpha value is -3.62. The van der Waals surface area contributed by atoms with E-state index in [-0.39, 0.29) is 4.90 Å². The second-order valence-corrected chi connectivity index (χ2v) is 10.4. The van der Waals surface area contributed by atoms with Crippen LogP contribution in [-0.4, -0.2) is 56.1 Å². The maximum atomic E-state index is 13.8. The van der Waals surface area contributed by atoms with E-state index in [2.05, 4.69) is 13.2 Å². The second kappa shape index (κ2) is 9.79. The molecule has 4 rings (SSSR count). The van der Waals surface area contributed by atoms with E-state index in [9.17, 15) is 13.2 Å². The van der Waals surface area contributed by atoms with Crippen molar-refractivity contribution in [2.75, 3.05) is 27.3 Å². The molecule has 0 bridgehead atoms. The molecule has 36 heavy (non-hydrogen) atoms. The number of aryl methyl sites for hydroxylation is 1. The minimum atomic E-state index is -3.92. The number of hydrogen-bond donors (Lipinski definition) is 0. The van der Waals surface area contributed by atoms with Crippen molar-refractivity contribution >= 4 is 33.0 Å². The van der Waals surface area contributed by atoms with Crippen molar-refractivity contribution in [1.82, 2.24) is 8.87 Å². The summed E-state index contributed by atoms with van der Waals surface area (Å²) in [5, 5.41) is 0.745. The van der Waals surface area contributed by atoms with E-state index in [1.165, 1.54) is 11.1 Å². The summed E-state index contributed by atoms with van der Waals surface area (Å²) in [6.45, 7) is 10.7. The Kier molecular flexibility index (Phi) is 6.93. The van der Waals surface area contributed by atoms with Gasteiger partial charge in [0.05, 0.1) is 30.3 Å². The van der Waals surface area contributed by atoms with Crippen LogP contribution in [0.1, 0.15) is 16.8 Å². The molecule has 1 aromatic heterocycles. The zero-order valence-electron chi connectivity index (χ0n) is 20.7. The van der Waals surface area contributed by atoms with Gasteiger partial charge >= 0.3 is 5.97 Å². The van der Waals surface area contributed by atoms with E-state index in [4.69, 9.17) is 9.47 Å². The summed E-state index contributed by atoms with van der Waals surface area (Å²) in [5.74, 6) is 0.198. The maximum Gasteiger partial charge on any atom is 0.334 e. The number of rotatable bonds is 9. The monoisotopic (exact) mass is 506 g/mol. The first-order valence-corrected chi connectivity index (χ1v) is 13.0. The second-order valence-electron chi connectivity index (χ2n) is 8.65. The molecule has 1 aliphatic heterocycles. The van der Waals surface area contributed by atoms with Crippen LogP contribution in [0.15, 0.2) is 78.7 Å². The lowest BCUT2D eigenvalue weighted by Gasteiger charge is -2.32. The molecule has 1 unspecified atom stereocenters. The van der Waals surface area contributed by atoms with Gasteiger partial charge in [0, 0.05) is 18.5 Å². The standard InChI is InChI=1S/C28H30N2O5S/c1-6-25-23(15-18-29-17-8-16-28(29,7-2)27(31)35-5)24-19-21(34-4)11-14-26(24)30(25)36(32,33)22-12-9-20(3)10-13-22/h6-14,16,19H,1-2,15,17-18H2,3-5H3. The van der Waals surface area contributed by atoms with Crippen LogP contribution in [0.5, 0.6) is 5.75 Å². The third-order valence-corrected chi connectivity index (χ3v) is 8.45. The highest BCUT2D eigenvalue weighted by Crippen LogP contribution is 2.35. The van der Waals surface area contributed by atoms with Gasteiger partial charge in [-0.25, -0.2) is 17.2 Å². The van der Waals surface area contributed by atoms with Crippen LogP contribution in [0.3, 0.4) is 0 Å². The number of carbonyl (C=O) groups excluding carboxylic acids is 1. The summed E-state index contributed by atoms with van der Waals surface area (Å²) in [4.78, 5) is 14.8. The summed E-state index contributed by atoms with van der Waals surface area (Å²) in [6.07, 6.45) is 7.28. The van der Waals surface area contributed by atoms with Crippen molar-refractivity contribution in [2.24, 2.45) is 0 Å². The first-order valence-electron chi connectivity index (χ1n) is 11.5. The van der Waals surface area contributed by atoms with Gasteiger partial charge in [0.2, 0.25) is 0 Å². The van der Waals surface area contributed by atoms with Crippen LogP contribution in [0.4, 0.5) is 0 Å². The Morgan fingerprint density at radius 2 is 1.86 bits per heavy atom. The highest BCUT2D eigenvalue weighted by atomic mass is 32.2. The largest absolute Gasteiger partial charge is 0.497 e. The molecule has 8 heteroatoms. The molecule has 1 aliphatic rings. The molecule has 7 nitrogen and oxygen atoms in total. The number of methoxy groups -OCH3 is 2. The fourth-order valence-corrected chi connectivity index (χ4v) is 6.33. The topological polar surface area (TPSA) is 77.8 Å². The van der Waals surface area contributed by atoms with Crippen LogP contribution in [0.2, 0.25) is 0 Å².